The third-order valence-electron chi connectivity index (χ3n) is 4.89. The average molecular weight is 458 g/mol. The van der Waals surface area contributed by atoms with Gasteiger partial charge in [0.2, 0.25) is 12.5 Å². The number of halogens is 1. The maximum Gasteiger partial charge on any atom is 0.282 e. The van der Waals surface area contributed by atoms with Crippen LogP contribution in [0.1, 0.15) is 37.6 Å². The first kappa shape index (κ1) is 19.4. The molecule has 1 aromatic heterocycles. The van der Waals surface area contributed by atoms with Crippen LogP contribution in [-0.2, 0) is 0 Å². The van der Waals surface area contributed by atoms with Crippen LogP contribution >= 0.6 is 15.9 Å². The maximum atomic E-state index is 13.2. The Hall–Kier alpha value is -2.87. The summed E-state index contributed by atoms with van der Waals surface area (Å²) in [6.07, 6.45) is 2.44. The topological polar surface area (TPSA) is 74.9 Å². The molecule has 0 radical (unpaired) electrons. The highest BCUT2D eigenvalue weighted by Gasteiger charge is 2.20. The second kappa shape index (κ2) is 7.87. The quantitative estimate of drug-likeness (QED) is 0.534. The smallest absolute Gasteiger partial charge is 0.282 e. The van der Waals surface area contributed by atoms with Gasteiger partial charge in [-0.3, -0.25) is 4.79 Å². The lowest BCUT2D eigenvalue weighted by Gasteiger charge is -2.14. The summed E-state index contributed by atoms with van der Waals surface area (Å²) in [5.41, 5.74) is 1.17. The first-order valence-corrected chi connectivity index (χ1v) is 10.0. The Kier molecular flexibility index (Phi) is 5.27. The summed E-state index contributed by atoms with van der Waals surface area (Å²) in [5.74, 6) is 2.40. The zero-order chi connectivity index (χ0) is 20.5. The molecule has 0 N–H and O–H groups in total. The van der Waals surface area contributed by atoms with Gasteiger partial charge < -0.3 is 14.2 Å². The number of hydrogen-bond donors (Lipinski definition) is 0. The molecule has 3 aromatic rings. The highest BCUT2D eigenvalue weighted by Crippen LogP contribution is 2.41. The van der Waals surface area contributed by atoms with Gasteiger partial charge in [0.05, 0.1) is 24.2 Å². The van der Waals surface area contributed by atoms with E-state index in [9.17, 15) is 4.79 Å². The van der Waals surface area contributed by atoms with E-state index < -0.39 is 0 Å². The van der Waals surface area contributed by atoms with Crippen LogP contribution in [0.4, 0.5) is 0 Å². The Bertz CT molecular complexity index is 1170. The van der Waals surface area contributed by atoms with Crippen LogP contribution in [0.15, 0.2) is 44.7 Å². The number of ether oxygens (including phenoxy) is 3. The van der Waals surface area contributed by atoms with Gasteiger partial charge in [0, 0.05) is 16.0 Å². The zero-order valence-electron chi connectivity index (χ0n) is 16.3. The standard InChI is InChI=1S/C21H20BrN3O4/c1-4-12(2)20-24-16-6-5-14(22)9-15(16)21(26)25(20)23-10-13-7-17(27-3)19-18(8-13)28-11-29-19/h5-10,12H,4,11H2,1-3H3/t12-/m0/s1. The minimum Gasteiger partial charge on any atom is -0.493 e. The van der Waals surface area contributed by atoms with Crippen LogP contribution in [0.2, 0.25) is 0 Å². The minimum absolute atomic E-state index is 0.0687. The van der Waals surface area contributed by atoms with E-state index in [0.29, 0.717) is 34.0 Å². The van der Waals surface area contributed by atoms with Crippen molar-refractivity contribution in [3.05, 3.63) is 56.5 Å². The Morgan fingerprint density at radius 3 is 2.93 bits per heavy atom. The van der Waals surface area contributed by atoms with Gasteiger partial charge in [-0.1, -0.05) is 29.8 Å². The van der Waals surface area contributed by atoms with Gasteiger partial charge in [0.15, 0.2) is 11.5 Å². The Balaban J connectivity index is 1.85. The van der Waals surface area contributed by atoms with Crippen molar-refractivity contribution in [2.75, 3.05) is 13.9 Å². The fourth-order valence-corrected chi connectivity index (χ4v) is 3.49. The van der Waals surface area contributed by atoms with Gasteiger partial charge in [0.1, 0.15) is 5.82 Å². The van der Waals surface area contributed by atoms with Crippen LogP contribution in [0.3, 0.4) is 0 Å². The number of methoxy groups -OCH3 is 1. The third-order valence-corrected chi connectivity index (χ3v) is 5.38. The van der Waals surface area contributed by atoms with Crippen molar-refractivity contribution in [1.82, 2.24) is 9.66 Å². The number of rotatable bonds is 5. The van der Waals surface area contributed by atoms with E-state index in [1.54, 1.807) is 31.5 Å². The van der Waals surface area contributed by atoms with Crippen molar-refractivity contribution in [2.45, 2.75) is 26.2 Å². The first-order chi connectivity index (χ1) is 14.0. The second-order valence-corrected chi connectivity index (χ2v) is 7.67. The van der Waals surface area contributed by atoms with Gasteiger partial charge >= 0.3 is 0 Å². The predicted molar refractivity (Wildman–Crippen MR) is 115 cm³/mol. The molecule has 1 aliphatic heterocycles. The molecule has 1 aliphatic rings. The number of hydrogen-bond acceptors (Lipinski definition) is 6. The number of benzene rings is 2. The van der Waals surface area contributed by atoms with Crippen molar-refractivity contribution in [2.24, 2.45) is 5.10 Å². The van der Waals surface area contributed by atoms with Gasteiger partial charge in [0.25, 0.3) is 5.56 Å². The molecule has 0 saturated heterocycles. The van der Waals surface area contributed by atoms with E-state index in [2.05, 4.69) is 28.0 Å². The molecule has 7 nitrogen and oxygen atoms in total. The van der Waals surface area contributed by atoms with Gasteiger partial charge in [-0.2, -0.15) is 9.78 Å². The fraction of sp³-hybridized carbons (Fsp3) is 0.286. The number of aromatic nitrogens is 2. The van der Waals surface area contributed by atoms with E-state index in [1.165, 1.54) is 4.68 Å². The van der Waals surface area contributed by atoms with E-state index in [0.717, 1.165) is 16.5 Å². The summed E-state index contributed by atoms with van der Waals surface area (Å²) >= 11 is 3.42. The molecule has 0 amide bonds. The lowest BCUT2D eigenvalue weighted by Crippen LogP contribution is -2.23. The summed E-state index contributed by atoms with van der Waals surface area (Å²) in [6.45, 7) is 4.23. The van der Waals surface area contributed by atoms with E-state index >= 15 is 0 Å². The lowest BCUT2D eigenvalue weighted by atomic mass is 10.1. The molecule has 2 heterocycles. The van der Waals surface area contributed by atoms with Crippen molar-refractivity contribution in [3.8, 4) is 17.2 Å². The van der Waals surface area contributed by atoms with Gasteiger partial charge in [-0.05, 0) is 36.8 Å². The molecule has 8 heteroatoms. The second-order valence-electron chi connectivity index (χ2n) is 6.76. The van der Waals surface area contributed by atoms with Crippen LogP contribution in [-0.4, -0.2) is 29.8 Å². The Labute approximate surface area is 176 Å². The molecular weight excluding hydrogens is 438 g/mol. The fourth-order valence-electron chi connectivity index (χ4n) is 3.13. The van der Waals surface area contributed by atoms with Crippen LogP contribution in [0.5, 0.6) is 17.2 Å². The van der Waals surface area contributed by atoms with Crippen LogP contribution in [0.25, 0.3) is 10.9 Å². The molecule has 2 aromatic carbocycles. The van der Waals surface area contributed by atoms with Crippen LogP contribution in [0, 0.1) is 0 Å². The third kappa shape index (κ3) is 3.60. The number of nitrogens with zero attached hydrogens (tertiary/aromatic N) is 3. The molecule has 29 heavy (non-hydrogen) atoms. The van der Waals surface area contributed by atoms with Crippen molar-refractivity contribution in [3.63, 3.8) is 0 Å². The maximum absolute atomic E-state index is 13.2. The monoisotopic (exact) mass is 457 g/mol. The van der Waals surface area contributed by atoms with Crippen LogP contribution < -0.4 is 19.8 Å². The summed E-state index contributed by atoms with van der Waals surface area (Å²) < 4.78 is 18.4. The van der Waals surface area contributed by atoms with Gasteiger partial charge in [-0.25, -0.2) is 4.98 Å². The lowest BCUT2D eigenvalue weighted by molar-refractivity contribution is 0.171. The minimum atomic E-state index is -0.212. The highest BCUT2D eigenvalue weighted by molar-refractivity contribution is 9.10. The molecular formula is C21H20BrN3O4. The van der Waals surface area contributed by atoms with Crippen molar-refractivity contribution < 1.29 is 14.2 Å². The SMILES string of the molecule is CC[C@H](C)c1nc2ccc(Br)cc2c(=O)n1N=Cc1cc(OC)c2c(c1)OCO2. The summed E-state index contributed by atoms with van der Waals surface area (Å²) in [4.78, 5) is 17.9. The number of fused-ring (bicyclic) bond motifs is 2. The van der Waals surface area contributed by atoms with Crippen molar-refractivity contribution in [1.29, 1.82) is 0 Å². The molecule has 0 saturated carbocycles. The van der Waals surface area contributed by atoms with Gasteiger partial charge in [-0.15, -0.1) is 0 Å². The first-order valence-electron chi connectivity index (χ1n) is 9.26. The summed E-state index contributed by atoms with van der Waals surface area (Å²) in [7, 11) is 1.56. The molecule has 0 bridgehead atoms. The zero-order valence-corrected chi connectivity index (χ0v) is 17.9. The molecule has 4 rings (SSSR count). The molecule has 0 spiro atoms. The Morgan fingerprint density at radius 1 is 1.34 bits per heavy atom. The van der Waals surface area contributed by atoms with E-state index in [1.807, 2.05) is 19.1 Å². The average Bonchev–Trinajstić information content (AvgIpc) is 3.20. The molecule has 0 unspecified atom stereocenters. The van der Waals surface area contributed by atoms with E-state index in [-0.39, 0.29) is 18.3 Å². The molecule has 1 atom stereocenters. The normalized spacial score (nSPS) is 13.9. The van der Waals surface area contributed by atoms with Crippen molar-refractivity contribution >= 4 is 33.0 Å². The predicted octanol–water partition coefficient (Wildman–Crippen LogP) is 4.29. The summed E-state index contributed by atoms with van der Waals surface area (Å²) in [6, 6.07) is 9.06. The molecule has 0 fully saturated rings. The molecule has 0 aliphatic carbocycles. The van der Waals surface area contributed by atoms with E-state index in [4.69, 9.17) is 19.2 Å². The highest BCUT2D eigenvalue weighted by atomic mass is 79.9. The summed E-state index contributed by atoms with van der Waals surface area (Å²) in [5, 5.41) is 4.98. The Morgan fingerprint density at radius 2 is 2.17 bits per heavy atom. The molecule has 150 valence electrons. The largest absolute Gasteiger partial charge is 0.493 e.